The van der Waals surface area contributed by atoms with Crippen LogP contribution in [0.4, 0.5) is 0 Å². The van der Waals surface area contributed by atoms with Gasteiger partial charge in [-0.15, -0.1) is 0 Å². The van der Waals surface area contributed by atoms with Gasteiger partial charge in [0.2, 0.25) is 0 Å². The summed E-state index contributed by atoms with van der Waals surface area (Å²) >= 11 is 0. The zero-order valence-corrected chi connectivity index (χ0v) is 10.2. The Morgan fingerprint density at radius 1 is 1.32 bits per heavy atom. The van der Waals surface area contributed by atoms with E-state index in [2.05, 4.69) is 9.97 Å². The molecule has 19 heavy (non-hydrogen) atoms. The van der Waals surface area contributed by atoms with Crippen LogP contribution in [0, 0.1) is 6.92 Å². The van der Waals surface area contributed by atoms with Crippen LogP contribution in [0.25, 0.3) is 16.9 Å². The number of hydrogen-bond acceptors (Lipinski definition) is 3. The van der Waals surface area contributed by atoms with Gasteiger partial charge in [0, 0.05) is 24.2 Å². The van der Waals surface area contributed by atoms with Gasteiger partial charge >= 0.3 is 5.97 Å². The van der Waals surface area contributed by atoms with Gasteiger partial charge in [0.05, 0.1) is 0 Å². The lowest BCUT2D eigenvalue weighted by atomic mass is 10.2. The Bertz CT molecular complexity index is 763. The van der Waals surface area contributed by atoms with Crippen LogP contribution in [0.1, 0.15) is 16.1 Å². The Balaban J connectivity index is 2.36. The summed E-state index contributed by atoms with van der Waals surface area (Å²) in [7, 11) is 0. The molecule has 0 fully saturated rings. The fourth-order valence-electron chi connectivity index (χ4n) is 2.06. The molecule has 0 atom stereocenters. The Hall–Kier alpha value is -2.69. The molecule has 3 aromatic heterocycles. The minimum atomic E-state index is -1.00. The van der Waals surface area contributed by atoms with Crippen molar-refractivity contribution in [2.75, 3.05) is 0 Å². The van der Waals surface area contributed by atoms with Gasteiger partial charge in [-0.25, -0.2) is 9.78 Å². The van der Waals surface area contributed by atoms with Crippen LogP contribution in [0.15, 0.2) is 42.9 Å². The highest BCUT2D eigenvalue weighted by molar-refractivity contribution is 5.94. The molecule has 0 aliphatic rings. The predicted molar refractivity (Wildman–Crippen MR) is 70.1 cm³/mol. The number of carboxylic acids is 1. The van der Waals surface area contributed by atoms with Crippen molar-refractivity contribution < 1.29 is 9.90 Å². The number of carboxylic acid groups (broad SMARTS) is 1. The summed E-state index contributed by atoms with van der Waals surface area (Å²) in [5.41, 5.74) is 2.88. The van der Waals surface area contributed by atoms with Gasteiger partial charge in [-0.3, -0.25) is 9.38 Å². The van der Waals surface area contributed by atoms with E-state index in [0.29, 0.717) is 16.9 Å². The summed E-state index contributed by atoms with van der Waals surface area (Å²) < 4.78 is 1.60. The smallest absolute Gasteiger partial charge is 0.355 e. The van der Waals surface area contributed by atoms with E-state index in [1.54, 1.807) is 35.1 Å². The molecule has 0 saturated heterocycles. The van der Waals surface area contributed by atoms with Crippen molar-refractivity contribution >= 4 is 11.6 Å². The highest BCUT2D eigenvalue weighted by atomic mass is 16.4. The molecule has 0 aromatic carbocycles. The molecule has 0 saturated carbocycles. The molecule has 0 unspecified atom stereocenters. The third-order valence-electron chi connectivity index (χ3n) is 2.90. The molecule has 0 amide bonds. The maximum Gasteiger partial charge on any atom is 0.355 e. The summed E-state index contributed by atoms with van der Waals surface area (Å²) in [5, 5.41) is 9.42. The molecule has 0 bridgehead atoms. The standard InChI is InChI=1S/C14H11N3O2/c1-9-4-5-11-16-12(10-3-2-6-15-7-10)13(14(18)19)17(11)8-9/h2-8H,1H3,(H,18,19). The number of nitrogens with zero attached hydrogens (tertiary/aromatic N) is 3. The van der Waals surface area contributed by atoms with Gasteiger partial charge in [0.15, 0.2) is 5.69 Å². The second-order valence-electron chi connectivity index (χ2n) is 4.29. The second-order valence-corrected chi connectivity index (χ2v) is 4.29. The number of aryl methyl sites for hydroxylation is 1. The van der Waals surface area contributed by atoms with Crippen molar-refractivity contribution in [2.45, 2.75) is 6.92 Å². The molecule has 1 N–H and O–H groups in total. The van der Waals surface area contributed by atoms with E-state index in [0.717, 1.165) is 5.56 Å². The molecule has 0 radical (unpaired) electrons. The van der Waals surface area contributed by atoms with Crippen molar-refractivity contribution in [3.8, 4) is 11.3 Å². The number of aromatic carboxylic acids is 1. The topological polar surface area (TPSA) is 67.5 Å². The van der Waals surface area contributed by atoms with Crippen LogP contribution in [-0.2, 0) is 0 Å². The maximum atomic E-state index is 11.5. The zero-order valence-electron chi connectivity index (χ0n) is 10.2. The number of hydrogen-bond donors (Lipinski definition) is 1. The van der Waals surface area contributed by atoms with E-state index in [4.69, 9.17) is 0 Å². The van der Waals surface area contributed by atoms with Crippen molar-refractivity contribution in [2.24, 2.45) is 0 Å². The molecule has 0 aliphatic carbocycles. The summed E-state index contributed by atoms with van der Waals surface area (Å²) in [5.74, 6) is -1.00. The first-order valence-electron chi connectivity index (χ1n) is 5.79. The van der Waals surface area contributed by atoms with Gasteiger partial charge in [-0.1, -0.05) is 6.07 Å². The Kier molecular flexibility index (Phi) is 2.52. The van der Waals surface area contributed by atoms with Crippen molar-refractivity contribution in [3.63, 3.8) is 0 Å². The average Bonchev–Trinajstić information content (AvgIpc) is 2.78. The van der Waals surface area contributed by atoms with Crippen molar-refractivity contribution in [1.82, 2.24) is 14.4 Å². The molecule has 3 aromatic rings. The molecule has 0 spiro atoms. The highest BCUT2D eigenvalue weighted by Crippen LogP contribution is 2.24. The maximum absolute atomic E-state index is 11.5. The number of aromatic nitrogens is 3. The van der Waals surface area contributed by atoms with Crippen LogP contribution in [0.3, 0.4) is 0 Å². The summed E-state index contributed by atoms with van der Waals surface area (Å²) in [6, 6.07) is 7.27. The Morgan fingerprint density at radius 3 is 2.84 bits per heavy atom. The monoisotopic (exact) mass is 253 g/mol. The molecular formula is C14H11N3O2. The average molecular weight is 253 g/mol. The summed E-state index contributed by atoms with van der Waals surface area (Å²) in [6.07, 6.45) is 5.02. The van der Waals surface area contributed by atoms with Gasteiger partial charge in [0.25, 0.3) is 0 Å². The molecule has 94 valence electrons. The van der Waals surface area contributed by atoms with Gasteiger partial charge < -0.3 is 5.11 Å². The minimum Gasteiger partial charge on any atom is -0.476 e. The van der Waals surface area contributed by atoms with E-state index >= 15 is 0 Å². The lowest BCUT2D eigenvalue weighted by Gasteiger charge is -2.00. The summed E-state index contributed by atoms with van der Waals surface area (Å²) in [4.78, 5) is 19.9. The van der Waals surface area contributed by atoms with E-state index in [1.165, 1.54) is 0 Å². The second kappa shape index (κ2) is 4.20. The van der Waals surface area contributed by atoms with Crippen LogP contribution in [-0.4, -0.2) is 25.4 Å². The largest absolute Gasteiger partial charge is 0.476 e. The number of carbonyl (C=O) groups is 1. The predicted octanol–water partition coefficient (Wildman–Crippen LogP) is 2.40. The van der Waals surface area contributed by atoms with E-state index in [9.17, 15) is 9.90 Å². The van der Waals surface area contributed by atoms with Crippen LogP contribution in [0.5, 0.6) is 0 Å². The highest BCUT2D eigenvalue weighted by Gasteiger charge is 2.19. The first-order chi connectivity index (χ1) is 9.16. The first-order valence-corrected chi connectivity index (χ1v) is 5.79. The Morgan fingerprint density at radius 2 is 2.16 bits per heavy atom. The normalized spacial score (nSPS) is 10.8. The summed E-state index contributed by atoms with van der Waals surface area (Å²) in [6.45, 7) is 1.91. The van der Waals surface area contributed by atoms with Crippen LogP contribution >= 0.6 is 0 Å². The zero-order chi connectivity index (χ0) is 13.4. The van der Waals surface area contributed by atoms with Crippen molar-refractivity contribution in [3.05, 3.63) is 54.1 Å². The van der Waals surface area contributed by atoms with Crippen LogP contribution < -0.4 is 0 Å². The van der Waals surface area contributed by atoms with E-state index in [-0.39, 0.29) is 5.69 Å². The number of pyridine rings is 2. The van der Waals surface area contributed by atoms with Gasteiger partial charge in [-0.05, 0) is 30.7 Å². The lowest BCUT2D eigenvalue weighted by Crippen LogP contribution is -2.03. The molecule has 0 aliphatic heterocycles. The number of fused-ring (bicyclic) bond motifs is 1. The number of rotatable bonds is 2. The quantitative estimate of drug-likeness (QED) is 0.761. The van der Waals surface area contributed by atoms with E-state index in [1.807, 2.05) is 19.1 Å². The first kappa shape index (κ1) is 11.4. The lowest BCUT2D eigenvalue weighted by molar-refractivity contribution is 0.0690. The molecule has 5 nitrogen and oxygen atoms in total. The molecule has 3 heterocycles. The van der Waals surface area contributed by atoms with Crippen molar-refractivity contribution in [1.29, 1.82) is 0 Å². The minimum absolute atomic E-state index is 0.159. The Labute approximate surface area is 109 Å². The molecular weight excluding hydrogens is 242 g/mol. The van der Waals surface area contributed by atoms with Gasteiger partial charge in [-0.2, -0.15) is 0 Å². The number of imidazole rings is 1. The van der Waals surface area contributed by atoms with Crippen LogP contribution in [0.2, 0.25) is 0 Å². The SMILES string of the molecule is Cc1ccc2nc(-c3cccnc3)c(C(=O)O)n2c1. The molecule has 3 rings (SSSR count). The fourth-order valence-corrected chi connectivity index (χ4v) is 2.06. The fraction of sp³-hybridized carbons (Fsp3) is 0.0714. The van der Waals surface area contributed by atoms with Gasteiger partial charge in [0.1, 0.15) is 11.3 Å². The van der Waals surface area contributed by atoms with E-state index < -0.39 is 5.97 Å². The third-order valence-corrected chi connectivity index (χ3v) is 2.90. The third kappa shape index (κ3) is 1.85. The molecule has 5 heteroatoms.